The van der Waals surface area contributed by atoms with Crippen molar-refractivity contribution >= 4 is 5.82 Å². The third-order valence-corrected chi connectivity index (χ3v) is 2.53. The van der Waals surface area contributed by atoms with Crippen LogP contribution in [0.4, 0.5) is 5.82 Å². The summed E-state index contributed by atoms with van der Waals surface area (Å²) in [7, 11) is 1.93. The lowest BCUT2D eigenvalue weighted by atomic mass is 10.1. The highest BCUT2D eigenvalue weighted by atomic mass is 16.3. The van der Waals surface area contributed by atoms with Crippen molar-refractivity contribution < 1.29 is 10.2 Å². The molecule has 4 heteroatoms. The van der Waals surface area contributed by atoms with Crippen LogP contribution in [-0.4, -0.2) is 34.9 Å². The summed E-state index contributed by atoms with van der Waals surface area (Å²) < 4.78 is 0. The summed E-state index contributed by atoms with van der Waals surface area (Å²) in [6.07, 6.45) is 1.61. The molecule has 1 unspecified atom stereocenters. The largest absolute Gasteiger partial charge is 0.393 e. The van der Waals surface area contributed by atoms with Crippen LogP contribution in [-0.2, 0) is 0 Å². The Labute approximate surface area is 96.6 Å². The number of aliphatic hydroxyl groups is 2. The van der Waals surface area contributed by atoms with Crippen molar-refractivity contribution in [1.82, 2.24) is 4.98 Å². The molecule has 4 nitrogen and oxygen atoms in total. The molecule has 0 saturated heterocycles. The molecule has 1 aromatic rings. The van der Waals surface area contributed by atoms with Crippen molar-refractivity contribution in [1.29, 1.82) is 0 Å². The molecule has 0 amide bonds. The maximum atomic E-state index is 9.46. The Hall–Kier alpha value is -1.13. The molecular formula is C12H20N2O2. The summed E-state index contributed by atoms with van der Waals surface area (Å²) in [5.74, 6) is 0.819. The fraction of sp³-hybridized carbons (Fsp3) is 0.583. The third-order valence-electron chi connectivity index (χ3n) is 2.53. The van der Waals surface area contributed by atoms with Crippen molar-refractivity contribution in [3.8, 4) is 0 Å². The molecule has 0 radical (unpaired) electrons. The number of rotatable bonds is 5. The smallest absolute Gasteiger partial charge is 0.128 e. The minimum Gasteiger partial charge on any atom is -0.393 e. The molecule has 0 aliphatic heterocycles. The number of anilines is 1. The van der Waals surface area contributed by atoms with E-state index in [0.717, 1.165) is 17.9 Å². The molecule has 0 fully saturated rings. The van der Waals surface area contributed by atoms with Crippen LogP contribution < -0.4 is 4.90 Å². The van der Waals surface area contributed by atoms with Gasteiger partial charge in [0.15, 0.2) is 0 Å². The number of aromatic nitrogens is 1. The van der Waals surface area contributed by atoms with Crippen molar-refractivity contribution in [3.05, 3.63) is 23.9 Å². The maximum absolute atomic E-state index is 9.46. The first-order valence-electron chi connectivity index (χ1n) is 5.54. The highest BCUT2D eigenvalue weighted by Crippen LogP contribution is 2.17. The van der Waals surface area contributed by atoms with Gasteiger partial charge in [-0.2, -0.15) is 0 Å². The summed E-state index contributed by atoms with van der Waals surface area (Å²) in [5, 5.41) is 18.7. The molecule has 0 bridgehead atoms. The van der Waals surface area contributed by atoms with Crippen LogP contribution >= 0.6 is 0 Å². The molecule has 0 aromatic carbocycles. The third kappa shape index (κ3) is 3.79. The van der Waals surface area contributed by atoms with E-state index < -0.39 is 6.10 Å². The minimum atomic E-state index is -0.480. The second-order valence-corrected chi connectivity index (χ2v) is 4.18. The van der Waals surface area contributed by atoms with Crippen LogP contribution in [0.3, 0.4) is 0 Å². The first-order chi connectivity index (χ1) is 7.50. The molecule has 16 heavy (non-hydrogen) atoms. The molecule has 0 aliphatic carbocycles. The molecule has 0 aliphatic rings. The summed E-state index contributed by atoms with van der Waals surface area (Å²) in [6.45, 7) is 4.25. The highest BCUT2D eigenvalue weighted by Gasteiger charge is 2.07. The molecule has 0 saturated carbocycles. The molecule has 0 spiro atoms. The molecule has 1 rings (SSSR count). The van der Waals surface area contributed by atoms with Gasteiger partial charge in [0.2, 0.25) is 0 Å². The standard InChI is InChI=1S/C12H20N2O2/c1-9(15)5-7-14(3)12-8-11(10(2)16)4-6-13-12/h4,6,8-10,15-16H,5,7H2,1-3H3/t9?,10-/m0/s1. The summed E-state index contributed by atoms with van der Waals surface area (Å²) in [5.41, 5.74) is 0.855. The van der Waals surface area contributed by atoms with E-state index >= 15 is 0 Å². The Morgan fingerprint density at radius 2 is 2.06 bits per heavy atom. The highest BCUT2D eigenvalue weighted by molar-refractivity contribution is 5.40. The summed E-state index contributed by atoms with van der Waals surface area (Å²) in [4.78, 5) is 6.20. The predicted molar refractivity (Wildman–Crippen MR) is 64.4 cm³/mol. The number of hydrogen-bond acceptors (Lipinski definition) is 4. The fourth-order valence-corrected chi connectivity index (χ4v) is 1.40. The van der Waals surface area contributed by atoms with Gasteiger partial charge in [-0.3, -0.25) is 0 Å². The van der Waals surface area contributed by atoms with E-state index in [4.69, 9.17) is 0 Å². The van der Waals surface area contributed by atoms with E-state index in [2.05, 4.69) is 4.98 Å². The maximum Gasteiger partial charge on any atom is 0.128 e. The minimum absolute atomic E-state index is 0.303. The molecule has 1 heterocycles. The van der Waals surface area contributed by atoms with Gasteiger partial charge in [0.05, 0.1) is 12.2 Å². The van der Waals surface area contributed by atoms with E-state index in [0.29, 0.717) is 6.42 Å². The second-order valence-electron chi connectivity index (χ2n) is 4.18. The lowest BCUT2D eigenvalue weighted by molar-refractivity contribution is 0.186. The molecular weight excluding hydrogens is 204 g/mol. The van der Waals surface area contributed by atoms with Gasteiger partial charge in [-0.1, -0.05) is 0 Å². The van der Waals surface area contributed by atoms with Gasteiger partial charge in [0.1, 0.15) is 5.82 Å². The average molecular weight is 224 g/mol. The van der Waals surface area contributed by atoms with E-state index in [1.165, 1.54) is 0 Å². The Kier molecular flexibility index (Phi) is 4.71. The molecule has 2 atom stereocenters. The first-order valence-corrected chi connectivity index (χ1v) is 5.54. The van der Waals surface area contributed by atoms with Crippen molar-refractivity contribution in [2.75, 3.05) is 18.5 Å². The normalized spacial score (nSPS) is 14.6. The van der Waals surface area contributed by atoms with E-state index in [-0.39, 0.29) is 6.10 Å². The monoisotopic (exact) mass is 224 g/mol. The quantitative estimate of drug-likeness (QED) is 0.792. The average Bonchev–Trinajstić information content (AvgIpc) is 2.26. The van der Waals surface area contributed by atoms with Gasteiger partial charge in [-0.25, -0.2) is 4.98 Å². The van der Waals surface area contributed by atoms with Crippen molar-refractivity contribution in [2.45, 2.75) is 32.5 Å². The van der Waals surface area contributed by atoms with Crippen LogP contribution in [0.2, 0.25) is 0 Å². The lowest BCUT2D eigenvalue weighted by Gasteiger charge is -2.19. The van der Waals surface area contributed by atoms with Gasteiger partial charge >= 0.3 is 0 Å². The fourth-order valence-electron chi connectivity index (χ4n) is 1.40. The van der Waals surface area contributed by atoms with E-state index in [9.17, 15) is 10.2 Å². The van der Waals surface area contributed by atoms with E-state index in [1.807, 2.05) is 18.0 Å². The number of pyridine rings is 1. The van der Waals surface area contributed by atoms with Crippen molar-refractivity contribution in [2.24, 2.45) is 0 Å². The Balaban J connectivity index is 2.68. The van der Waals surface area contributed by atoms with Crippen LogP contribution in [0.1, 0.15) is 31.9 Å². The van der Waals surface area contributed by atoms with Gasteiger partial charge in [0, 0.05) is 19.8 Å². The lowest BCUT2D eigenvalue weighted by Crippen LogP contribution is -2.22. The van der Waals surface area contributed by atoms with Crippen LogP contribution in [0.5, 0.6) is 0 Å². The topological polar surface area (TPSA) is 56.6 Å². The van der Waals surface area contributed by atoms with Gasteiger partial charge in [-0.15, -0.1) is 0 Å². The van der Waals surface area contributed by atoms with Gasteiger partial charge < -0.3 is 15.1 Å². The Bertz CT molecular complexity index is 327. The van der Waals surface area contributed by atoms with Crippen LogP contribution in [0.25, 0.3) is 0 Å². The predicted octanol–water partition coefficient (Wildman–Crippen LogP) is 1.34. The Morgan fingerprint density at radius 3 is 2.62 bits per heavy atom. The first kappa shape index (κ1) is 12.9. The zero-order valence-electron chi connectivity index (χ0n) is 10.1. The van der Waals surface area contributed by atoms with Gasteiger partial charge in [-0.05, 0) is 38.0 Å². The van der Waals surface area contributed by atoms with Gasteiger partial charge in [0.25, 0.3) is 0 Å². The number of hydrogen-bond donors (Lipinski definition) is 2. The molecule has 90 valence electrons. The molecule has 1 aromatic heterocycles. The molecule has 2 N–H and O–H groups in total. The summed E-state index contributed by atoms with van der Waals surface area (Å²) in [6, 6.07) is 3.67. The number of nitrogens with zero attached hydrogens (tertiary/aromatic N) is 2. The Morgan fingerprint density at radius 1 is 1.38 bits per heavy atom. The van der Waals surface area contributed by atoms with Crippen LogP contribution in [0, 0.1) is 0 Å². The SMILES string of the molecule is CC(O)CCN(C)c1cc([C@H](C)O)ccn1. The second kappa shape index (κ2) is 5.82. The zero-order valence-corrected chi connectivity index (χ0v) is 10.1. The number of aliphatic hydroxyl groups excluding tert-OH is 2. The van der Waals surface area contributed by atoms with Crippen LogP contribution in [0.15, 0.2) is 18.3 Å². The zero-order chi connectivity index (χ0) is 12.1. The summed E-state index contributed by atoms with van der Waals surface area (Å²) >= 11 is 0. The van der Waals surface area contributed by atoms with E-state index in [1.54, 1.807) is 26.1 Å². The van der Waals surface area contributed by atoms with Crippen molar-refractivity contribution in [3.63, 3.8) is 0 Å².